The van der Waals surface area contributed by atoms with Crippen LogP contribution in [0.15, 0.2) is 89.4 Å². The predicted molar refractivity (Wildman–Crippen MR) is 138 cm³/mol. The van der Waals surface area contributed by atoms with Gasteiger partial charge in [-0.25, -0.2) is 9.98 Å². The van der Waals surface area contributed by atoms with E-state index in [0.29, 0.717) is 45.6 Å². The molecular weight excluding hydrogens is 470 g/mol. The number of halogens is 1. The van der Waals surface area contributed by atoms with Crippen molar-refractivity contribution in [3.8, 4) is 11.5 Å². The molecular formula is C26H22ClN3O3S. The summed E-state index contributed by atoms with van der Waals surface area (Å²) in [5.74, 6) is 1.58. The minimum atomic E-state index is -0.137. The molecule has 0 saturated carbocycles. The third-order valence-corrected chi connectivity index (χ3v) is 6.11. The minimum Gasteiger partial charge on any atom is -0.493 e. The van der Waals surface area contributed by atoms with Gasteiger partial charge < -0.3 is 9.47 Å². The van der Waals surface area contributed by atoms with Gasteiger partial charge in [-0.3, -0.25) is 9.69 Å². The number of amides is 1. The first-order valence-corrected chi connectivity index (χ1v) is 11.6. The standard InChI is InChI=1S/C26H22ClN3O3S/c1-3-14-30-25(31)23(34-26(30)29-24-6-4-5-13-28-24)16-19-9-12-21(22(15-19)32-2)33-17-18-7-10-20(27)11-8-18/h3-13,15-16H,1,14,17H2,2H3/b23-16-,29-26+. The van der Waals surface area contributed by atoms with Crippen molar-refractivity contribution in [3.05, 3.63) is 101 Å². The van der Waals surface area contributed by atoms with Crippen molar-refractivity contribution in [3.63, 3.8) is 0 Å². The summed E-state index contributed by atoms with van der Waals surface area (Å²) >= 11 is 7.24. The van der Waals surface area contributed by atoms with Gasteiger partial charge in [-0.1, -0.05) is 41.9 Å². The first kappa shape index (κ1) is 23.6. The van der Waals surface area contributed by atoms with E-state index in [1.54, 1.807) is 30.3 Å². The number of ether oxygens (including phenoxy) is 2. The number of hydrogen-bond acceptors (Lipinski definition) is 6. The maximum absolute atomic E-state index is 13.0. The topological polar surface area (TPSA) is 64.0 Å². The van der Waals surface area contributed by atoms with Crippen LogP contribution < -0.4 is 9.47 Å². The maximum Gasteiger partial charge on any atom is 0.267 e. The number of thioether (sulfide) groups is 1. The van der Waals surface area contributed by atoms with Gasteiger partial charge in [-0.05, 0) is 65.4 Å². The van der Waals surface area contributed by atoms with E-state index in [1.807, 2.05) is 60.7 Å². The highest BCUT2D eigenvalue weighted by molar-refractivity contribution is 8.18. The van der Waals surface area contributed by atoms with Gasteiger partial charge in [0, 0.05) is 17.8 Å². The molecule has 1 aliphatic rings. The van der Waals surface area contributed by atoms with Crippen molar-refractivity contribution >= 4 is 46.3 Å². The van der Waals surface area contributed by atoms with Crippen molar-refractivity contribution in [1.29, 1.82) is 0 Å². The maximum atomic E-state index is 13.0. The molecule has 1 amide bonds. The van der Waals surface area contributed by atoms with Crippen LogP contribution in [0.4, 0.5) is 5.82 Å². The molecule has 4 rings (SSSR count). The third kappa shape index (κ3) is 5.68. The highest BCUT2D eigenvalue weighted by atomic mass is 35.5. The summed E-state index contributed by atoms with van der Waals surface area (Å²) in [5, 5.41) is 1.24. The summed E-state index contributed by atoms with van der Waals surface area (Å²) in [6.07, 6.45) is 5.15. The Morgan fingerprint density at radius 1 is 1.15 bits per heavy atom. The third-order valence-electron chi connectivity index (χ3n) is 4.85. The summed E-state index contributed by atoms with van der Waals surface area (Å²) in [5.41, 5.74) is 1.80. The second-order valence-corrected chi connectivity index (χ2v) is 8.67. The Hall–Kier alpha value is -3.55. The number of nitrogens with zero attached hydrogens (tertiary/aromatic N) is 3. The van der Waals surface area contributed by atoms with Gasteiger partial charge in [0.05, 0.1) is 12.0 Å². The molecule has 0 radical (unpaired) electrons. The molecule has 8 heteroatoms. The first-order chi connectivity index (χ1) is 16.6. The quantitative estimate of drug-likeness (QED) is 0.281. The van der Waals surface area contributed by atoms with Crippen molar-refractivity contribution in [2.75, 3.05) is 13.7 Å². The lowest BCUT2D eigenvalue weighted by Gasteiger charge is -2.12. The van der Waals surface area contributed by atoms with E-state index in [-0.39, 0.29) is 5.91 Å². The second-order valence-electron chi connectivity index (χ2n) is 7.22. The van der Waals surface area contributed by atoms with Crippen LogP contribution in [0.3, 0.4) is 0 Å². The van der Waals surface area contributed by atoms with Crippen LogP contribution in [0.1, 0.15) is 11.1 Å². The molecule has 2 heterocycles. The van der Waals surface area contributed by atoms with E-state index in [2.05, 4.69) is 16.6 Å². The molecule has 6 nitrogen and oxygen atoms in total. The number of methoxy groups -OCH3 is 1. The van der Waals surface area contributed by atoms with Crippen LogP contribution in [-0.4, -0.2) is 34.6 Å². The molecule has 1 aromatic heterocycles. The summed E-state index contributed by atoms with van der Waals surface area (Å²) in [6.45, 7) is 4.49. The van der Waals surface area contributed by atoms with E-state index in [9.17, 15) is 4.79 Å². The number of amidine groups is 1. The van der Waals surface area contributed by atoms with E-state index >= 15 is 0 Å². The minimum absolute atomic E-state index is 0.137. The SMILES string of the molecule is C=CCN1C(=O)/C(=C/c2ccc(OCc3ccc(Cl)cc3)c(OC)c2)S/C1=N/c1ccccn1. The number of pyridine rings is 1. The Labute approximate surface area is 207 Å². The molecule has 0 unspecified atom stereocenters. The fraction of sp³-hybridized carbons (Fsp3) is 0.115. The second kappa shape index (κ2) is 11.0. The molecule has 0 bridgehead atoms. The molecule has 0 spiro atoms. The fourth-order valence-electron chi connectivity index (χ4n) is 3.19. The van der Waals surface area contributed by atoms with Crippen molar-refractivity contribution in [2.45, 2.75) is 6.61 Å². The number of carbonyl (C=O) groups excluding carboxylic acids is 1. The lowest BCUT2D eigenvalue weighted by Crippen LogP contribution is -2.29. The van der Waals surface area contributed by atoms with Gasteiger partial charge in [-0.15, -0.1) is 6.58 Å². The number of hydrogen-bond donors (Lipinski definition) is 0. The van der Waals surface area contributed by atoms with E-state index in [4.69, 9.17) is 21.1 Å². The molecule has 0 atom stereocenters. The van der Waals surface area contributed by atoms with Crippen molar-refractivity contribution < 1.29 is 14.3 Å². The number of carbonyl (C=O) groups is 1. The molecule has 1 aliphatic heterocycles. The monoisotopic (exact) mass is 491 g/mol. The van der Waals surface area contributed by atoms with E-state index < -0.39 is 0 Å². The van der Waals surface area contributed by atoms with Gasteiger partial charge >= 0.3 is 0 Å². The zero-order chi connectivity index (χ0) is 23.9. The summed E-state index contributed by atoms with van der Waals surface area (Å²) in [4.78, 5) is 23.9. The lowest BCUT2D eigenvalue weighted by atomic mass is 10.1. The molecule has 0 N–H and O–H groups in total. The molecule has 3 aromatic rings. The molecule has 172 valence electrons. The van der Waals surface area contributed by atoms with Crippen LogP contribution in [0.2, 0.25) is 5.02 Å². The van der Waals surface area contributed by atoms with Crippen LogP contribution >= 0.6 is 23.4 Å². The number of benzene rings is 2. The summed E-state index contributed by atoms with van der Waals surface area (Å²) in [7, 11) is 1.58. The lowest BCUT2D eigenvalue weighted by molar-refractivity contribution is -0.121. The number of aromatic nitrogens is 1. The van der Waals surface area contributed by atoms with E-state index in [0.717, 1.165) is 11.1 Å². The highest BCUT2D eigenvalue weighted by Gasteiger charge is 2.32. The van der Waals surface area contributed by atoms with Gasteiger partial charge in [0.1, 0.15) is 6.61 Å². The van der Waals surface area contributed by atoms with Gasteiger partial charge in [0.2, 0.25) is 0 Å². The van der Waals surface area contributed by atoms with Crippen LogP contribution in [0, 0.1) is 0 Å². The molecule has 34 heavy (non-hydrogen) atoms. The Balaban J connectivity index is 1.55. The van der Waals surface area contributed by atoms with E-state index in [1.165, 1.54) is 11.8 Å². The smallest absolute Gasteiger partial charge is 0.267 e. The Morgan fingerprint density at radius 3 is 2.68 bits per heavy atom. The summed E-state index contributed by atoms with van der Waals surface area (Å²) in [6, 6.07) is 18.5. The molecule has 1 fully saturated rings. The average Bonchev–Trinajstić information content (AvgIpc) is 3.14. The Morgan fingerprint density at radius 2 is 1.97 bits per heavy atom. The van der Waals surface area contributed by atoms with Crippen molar-refractivity contribution in [2.24, 2.45) is 4.99 Å². The molecule has 0 aliphatic carbocycles. The number of rotatable bonds is 8. The fourth-order valence-corrected chi connectivity index (χ4v) is 4.31. The predicted octanol–water partition coefficient (Wildman–Crippen LogP) is 6.11. The zero-order valence-electron chi connectivity index (χ0n) is 18.5. The molecule has 2 aromatic carbocycles. The first-order valence-electron chi connectivity index (χ1n) is 10.4. The van der Waals surface area contributed by atoms with Gasteiger partial charge in [0.15, 0.2) is 22.5 Å². The van der Waals surface area contributed by atoms with Gasteiger partial charge in [0.25, 0.3) is 5.91 Å². The Bertz CT molecular complexity index is 1240. The largest absolute Gasteiger partial charge is 0.493 e. The summed E-state index contributed by atoms with van der Waals surface area (Å²) < 4.78 is 11.4. The van der Waals surface area contributed by atoms with Crippen LogP contribution in [0.5, 0.6) is 11.5 Å². The normalized spacial score (nSPS) is 15.7. The van der Waals surface area contributed by atoms with Gasteiger partial charge in [-0.2, -0.15) is 0 Å². The Kier molecular flexibility index (Phi) is 7.67. The zero-order valence-corrected chi connectivity index (χ0v) is 20.1. The van der Waals surface area contributed by atoms with Crippen LogP contribution in [0.25, 0.3) is 6.08 Å². The number of aliphatic imine (C=N–C) groups is 1. The van der Waals surface area contributed by atoms with Crippen molar-refractivity contribution in [1.82, 2.24) is 9.88 Å². The highest BCUT2D eigenvalue weighted by Crippen LogP contribution is 2.35. The average molecular weight is 492 g/mol. The van der Waals surface area contributed by atoms with Crippen LogP contribution in [-0.2, 0) is 11.4 Å². The molecule has 1 saturated heterocycles.